The molecule has 1 atom stereocenters. The van der Waals surface area contributed by atoms with Crippen molar-refractivity contribution in [2.75, 3.05) is 26.2 Å². The van der Waals surface area contributed by atoms with Crippen LogP contribution in [0, 0.1) is 5.92 Å². The molecule has 2 aliphatic heterocycles. The summed E-state index contributed by atoms with van der Waals surface area (Å²) in [5.74, 6) is 0.188. The van der Waals surface area contributed by atoms with Gasteiger partial charge in [-0.15, -0.1) is 12.4 Å². The normalized spacial score (nSPS) is 21.3. The Morgan fingerprint density at radius 3 is 2.56 bits per heavy atom. The largest absolute Gasteiger partial charge is 0.353 e. The molecule has 2 fully saturated rings. The van der Waals surface area contributed by atoms with Crippen LogP contribution < -0.4 is 10.6 Å². The van der Waals surface area contributed by atoms with Crippen LogP contribution in [0.15, 0.2) is 30.3 Å². The highest BCUT2D eigenvalue weighted by Crippen LogP contribution is 2.18. The molecule has 6 heteroatoms. The molecule has 0 aliphatic carbocycles. The molecule has 0 aromatic heterocycles. The smallest absolute Gasteiger partial charge is 0.227 e. The maximum atomic E-state index is 12.5. The molecule has 1 aromatic carbocycles. The van der Waals surface area contributed by atoms with E-state index in [1.807, 2.05) is 35.2 Å². The minimum Gasteiger partial charge on any atom is -0.353 e. The van der Waals surface area contributed by atoms with E-state index in [9.17, 15) is 9.59 Å². The molecule has 25 heavy (non-hydrogen) atoms. The number of carbonyl (C=O) groups excluding carboxylic acids is 2. The lowest BCUT2D eigenvalue weighted by Gasteiger charge is -2.33. The van der Waals surface area contributed by atoms with Crippen molar-refractivity contribution in [3.63, 3.8) is 0 Å². The maximum Gasteiger partial charge on any atom is 0.227 e. The third kappa shape index (κ3) is 5.72. The third-order valence-corrected chi connectivity index (χ3v) is 5.03. The number of nitrogens with zero attached hydrogens (tertiary/aromatic N) is 1. The van der Waals surface area contributed by atoms with Gasteiger partial charge in [0, 0.05) is 19.1 Å². The number of benzene rings is 1. The fraction of sp³-hybridized carbons (Fsp3) is 0.579. The van der Waals surface area contributed by atoms with Gasteiger partial charge in [0.05, 0.1) is 12.3 Å². The molecule has 2 saturated heterocycles. The summed E-state index contributed by atoms with van der Waals surface area (Å²) in [6.07, 6.45) is 4.20. The Morgan fingerprint density at radius 1 is 1.12 bits per heavy atom. The van der Waals surface area contributed by atoms with E-state index in [1.165, 1.54) is 0 Å². The molecular weight excluding hydrogens is 338 g/mol. The van der Waals surface area contributed by atoms with Gasteiger partial charge in [0.2, 0.25) is 11.8 Å². The standard InChI is InChI=1S/C19H27N3O2.ClH/c23-18(13-15-5-2-1-3-6-15)22-12-4-7-16(14-22)19(24)21-17-8-10-20-11-9-17;/h1-3,5-6,16-17,20H,4,7-14H2,(H,21,24);1H. The van der Waals surface area contributed by atoms with E-state index in [4.69, 9.17) is 0 Å². The first-order valence-corrected chi connectivity index (χ1v) is 9.05. The van der Waals surface area contributed by atoms with Gasteiger partial charge in [-0.25, -0.2) is 0 Å². The van der Waals surface area contributed by atoms with Crippen molar-refractivity contribution in [3.8, 4) is 0 Å². The summed E-state index contributed by atoms with van der Waals surface area (Å²) in [6.45, 7) is 3.26. The monoisotopic (exact) mass is 365 g/mol. The van der Waals surface area contributed by atoms with Crippen LogP contribution in [0.4, 0.5) is 0 Å². The molecule has 0 bridgehead atoms. The maximum absolute atomic E-state index is 12.5. The van der Waals surface area contributed by atoms with E-state index in [-0.39, 0.29) is 36.2 Å². The van der Waals surface area contributed by atoms with Gasteiger partial charge < -0.3 is 15.5 Å². The Kier molecular flexibility index (Phi) is 7.72. The predicted octanol–water partition coefficient (Wildman–Crippen LogP) is 1.76. The number of likely N-dealkylation sites (tertiary alicyclic amines) is 1. The Labute approximate surface area is 155 Å². The summed E-state index contributed by atoms with van der Waals surface area (Å²) in [7, 11) is 0. The fourth-order valence-corrected chi connectivity index (χ4v) is 3.59. The van der Waals surface area contributed by atoms with Crippen molar-refractivity contribution in [2.24, 2.45) is 5.92 Å². The number of hydrogen-bond acceptors (Lipinski definition) is 3. The van der Waals surface area contributed by atoms with E-state index in [2.05, 4.69) is 10.6 Å². The van der Waals surface area contributed by atoms with Crippen molar-refractivity contribution >= 4 is 24.2 Å². The van der Waals surface area contributed by atoms with Crippen LogP contribution in [0.1, 0.15) is 31.2 Å². The second-order valence-corrected chi connectivity index (χ2v) is 6.87. The quantitative estimate of drug-likeness (QED) is 0.854. The average molecular weight is 366 g/mol. The van der Waals surface area contributed by atoms with Crippen LogP contribution in [0.25, 0.3) is 0 Å². The lowest BCUT2D eigenvalue weighted by molar-refractivity contribution is -0.135. The molecule has 0 radical (unpaired) electrons. The van der Waals surface area contributed by atoms with E-state index < -0.39 is 0 Å². The molecule has 1 unspecified atom stereocenters. The van der Waals surface area contributed by atoms with Gasteiger partial charge in [0.1, 0.15) is 0 Å². The first kappa shape index (κ1) is 19.7. The van der Waals surface area contributed by atoms with Crippen LogP contribution in [-0.4, -0.2) is 48.9 Å². The second-order valence-electron chi connectivity index (χ2n) is 6.87. The average Bonchev–Trinajstić information content (AvgIpc) is 2.63. The molecule has 0 spiro atoms. The molecule has 2 aliphatic rings. The Balaban J connectivity index is 0.00000225. The van der Waals surface area contributed by atoms with Crippen molar-refractivity contribution in [3.05, 3.63) is 35.9 Å². The zero-order chi connectivity index (χ0) is 16.8. The summed E-state index contributed by atoms with van der Waals surface area (Å²) in [4.78, 5) is 26.9. The number of halogens is 1. The summed E-state index contributed by atoms with van der Waals surface area (Å²) in [6, 6.07) is 10.1. The predicted molar refractivity (Wildman–Crippen MR) is 101 cm³/mol. The number of hydrogen-bond donors (Lipinski definition) is 2. The summed E-state index contributed by atoms with van der Waals surface area (Å²) >= 11 is 0. The highest BCUT2D eigenvalue weighted by Gasteiger charge is 2.29. The Bertz CT molecular complexity index is 561. The molecule has 1 aromatic rings. The van der Waals surface area contributed by atoms with Crippen LogP contribution >= 0.6 is 12.4 Å². The Morgan fingerprint density at radius 2 is 1.84 bits per heavy atom. The number of nitrogens with one attached hydrogen (secondary N) is 2. The van der Waals surface area contributed by atoms with Crippen LogP contribution in [0.5, 0.6) is 0 Å². The first-order valence-electron chi connectivity index (χ1n) is 9.05. The zero-order valence-corrected chi connectivity index (χ0v) is 15.4. The molecule has 3 rings (SSSR count). The van der Waals surface area contributed by atoms with Crippen LogP contribution in [0.3, 0.4) is 0 Å². The highest BCUT2D eigenvalue weighted by molar-refractivity contribution is 5.85. The molecule has 2 N–H and O–H groups in total. The van der Waals surface area contributed by atoms with Gasteiger partial charge in [0.25, 0.3) is 0 Å². The minimum absolute atomic E-state index is 0. The third-order valence-electron chi connectivity index (χ3n) is 5.03. The zero-order valence-electron chi connectivity index (χ0n) is 14.6. The van der Waals surface area contributed by atoms with Gasteiger partial charge in [-0.1, -0.05) is 30.3 Å². The van der Waals surface area contributed by atoms with Gasteiger partial charge in [0.15, 0.2) is 0 Å². The number of rotatable bonds is 4. The lowest BCUT2D eigenvalue weighted by Crippen LogP contribution is -2.49. The van der Waals surface area contributed by atoms with Crippen molar-refractivity contribution in [1.82, 2.24) is 15.5 Å². The molecule has 2 heterocycles. The van der Waals surface area contributed by atoms with E-state index in [1.54, 1.807) is 0 Å². The number of carbonyl (C=O) groups is 2. The van der Waals surface area contributed by atoms with Crippen molar-refractivity contribution in [2.45, 2.75) is 38.1 Å². The van der Waals surface area contributed by atoms with Crippen molar-refractivity contribution in [1.29, 1.82) is 0 Å². The van der Waals surface area contributed by atoms with E-state index in [0.717, 1.165) is 50.9 Å². The van der Waals surface area contributed by atoms with Crippen LogP contribution in [0.2, 0.25) is 0 Å². The van der Waals surface area contributed by atoms with E-state index >= 15 is 0 Å². The molecule has 5 nitrogen and oxygen atoms in total. The second kappa shape index (κ2) is 9.78. The van der Waals surface area contributed by atoms with Crippen molar-refractivity contribution < 1.29 is 9.59 Å². The summed E-state index contributed by atoms with van der Waals surface area (Å²) < 4.78 is 0. The topological polar surface area (TPSA) is 61.4 Å². The number of amides is 2. The molecular formula is C19H28ClN3O2. The van der Waals surface area contributed by atoms with Crippen LogP contribution in [-0.2, 0) is 16.0 Å². The van der Waals surface area contributed by atoms with Gasteiger partial charge in [-0.05, 0) is 44.3 Å². The summed E-state index contributed by atoms with van der Waals surface area (Å²) in [5, 5.41) is 6.49. The number of piperidine rings is 2. The highest BCUT2D eigenvalue weighted by atomic mass is 35.5. The van der Waals surface area contributed by atoms with E-state index in [0.29, 0.717) is 13.0 Å². The molecule has 0 saturated carbocycles. The molecule has 138 valence electrons. The summed E-state index contributed by atoms with van der Waals surface area (Å²) in [5.41, 5.74) is 1.03. The van der Waals surface area contributed by atoms with Gasteiger partial charge in [-0.2, -0.15) is 0 Å². The fourth-order valence-electron chi connectivity index (χ4n) is 3.59. The lowest BCUT2D eigenvalue weighted by atomic mass is 9.95. The Hall–Kier alpha value is -1.59. The van der Waals surface area contributed by atoms with Gasteiger partial charge >= 0.3 is 0 Å². The van der Waals surface area contributed by atoms with Gasteiger partial charge in [-0.3, -0.25) is 9.59 Å². The SMILES string of the molecule is Cl.O=C(NC1CCNCC1)C1CCCN(C(=O)Cc2ccccc2)C1. The minimum atomic E-state index is -0.0617. The molecule has 2 amide bonds. The first-order chi connectivity index (χ1) is 11.7.